The molecule has 1 aromatic carbocycles. The number of nitrogens with zero attached hydrogens (tertiary/aromatic N) is 2. The Hall–Kier alpha value is -2.25. The Morgan fingerprint density at radius 2 is 2.14 bits per heavy atom. The number of hydrogen-bond acceptors (Lipinski definition) is 5. The van der Waals surface area contributed by atoms with Crippen LogP contribution in [0.25, 0.3) is 0 Å². The quantitative estimate of drug-likeness (QED) is 0.455. The van der Waals surface area contributed by atoms with Crippen LogP contribution in [0, 0.1) is 0 Å². The van der Waals surface area contributed by atoms with E-state index in [0.717, 1.165) is 50.5 Å². The lowest BCUT2D eigenvalue weighted by Gasteiger charge is -2.33. The van der Waals surface area contributed by atoms with Crippen molar-refractivity contribution in [1.82, 2.24) is 15.5 Å². The molecule has 1 aliphatic heterocycles. The zero-order valence-corrected chi connectivity index (χ0v) is 18.2. The molecule has 0 radical (unpaired) electrons. The number of aromatic hydroxyl groups is 1. The molecule has 0 unspecified atom stereocenters. The number of methoxy groups -OCH3 is 1. The number of phenols is 1. The van der Waals surface area contributed by atoms with Gasteiger partial charge in [-0.1, -0.05) is 12.1 Å². The highest BCUT2D eigenvalue weighted by Crippen LogP contribution is 2.29. The van der Waals surface area contributed by atoms with Crippen LogP contribution in [0.15, 0.2) is 40.0 Å². The number of ether oxygens (including phenoxy) is 1. The molecule has 29 heavy (non-hydrogen) atoms. The van der Waals surface area contributed by atoms with Crippen molar-refractivity contribution >= 4 is 17.3 Å². The van der Waals surface area contributed by atoms with Crippen molar-refractivity contribution in [2.24, 2.45) is 4.99 Å². The molecule has 1 aliphatic rings. The molecule has 2 aromatic rings. The summed E-state index contributed by atoms with van der Waals surface area (Å²) in [5.41, 5.74) is 2.27. The number of nitrogens with one attached hydrogen (secondary N) is 2. The maximum absolute atomic E-state index is 10.2. The maximum Gasteiger partial charge on any atom is 0.191 e. The summed E-state index contributed by atoms with van der Waals surface area (Å²) in [5, 5.41) is 21.5. The van der Waals surface area contributed by atoms with Crippen molar-refractivity contribution in [2.45, 2.75) is 38.8 Å². The van der Waals surface area contributed by atoms with E-state index in [1.54, 1.807) is 24.5 Å². The summed E-state index contributed by atoms with van der Waals surface area (Å²) in [5.74, 6) is 1.57. The third-order valence-corrected chi connectivity index (χ3v) is 5.94. The summed E-state index contributed by atoms with van der Waals surface area (Å²) in [4.78, 5) is 7.23. The number of thiophene rings is 1. The molecule has 7 heteroatoms. The van der Waals surface area contributed by atoms with E-state index in [9.17, 15) is 5.11 Å². The van der Waals surface area contributed by atoms with Crippen LogP contribution in [0.5, 0.6) is 11.5 Å². The molecule has 0 atom stereocenters. The molecule has 2 heterocycles. The van der Waals surface area contributed by atoms with Gasteiger partial charge in [0.05, 0.1) is 7.11 Å². The number of para-hydroxylation sites is 1. The predicted octanol–water partition coefficient (Wildman–Crippen LogP) is 3.22. The topological polar surface area (TPSA) is 69.1 Å². The first-order chi connectivity index (χ1) is 14.2. The van der Waals surface area contributed by atoms with E-state index in [-0.39, 0.29) is 5.75 Å². The number of likely N-dealkylation sites (tertiary alicyclic amines) is 1. The highest BCUT2D eigenvalue weighted by molar-refractivity contribution is 7.07. The average Bonchev–Trinajstić information content (AvgIpc) is 3.24. The number of benzene rings is 1. The van der Waals surface area contributed by atoms with Gasteiger partial charge in [-0.2, -0.15) is 11.3 Å². The fourth-order valence-corrected chi connectivity index (χ4v) is 4.27. The SMILES string of the molecule is CCNC(=NCCc1cccc(OC)c1O)NC1CCN(Cc2ccsc2)CC1. The van der Waals surface area contributed by atoms with Gasteiger partial charge in [0.25, 0.3) is 0 Å². The van der Waals surface area contributed by atoms with Gasteiger partial charge in [-0.15, -0.1) is 0 Å². The lowest BCUT2D eigenvalue weighted by atomic mass is 10.0. The van der Waals surface area contributed by atoms with Crippen LogP contribution in [-0.4, -0.2) is 55.3 Å². The Kier molecular flexibility index (Phi) is 8.19. The largest absolute Gasteiger partial charge is 0.504 e. The van der Waals surface area contributed by atoms with E-state index in [0.29, 0.717) is 24.8 Å². The first-order valence-corrected chi connectivity index (χ1v) is 11.3. The van der Waals surface area contributed by atoms with E-state index >= 15 is 0 Å². The number of phenolic OH excluding ortho intramolecular Hbond substituents is 1. The van der Waals surface area contributed by atoms with Gasteiger partial charge in [0.1, 0.15) is 0 Å². The molecule has 1 fully saturated rings. The van der Waals surface area contributed by atoms with Crippen molar-refractivity contribution < 1.29 is 9.84 Å². The van der Waals surface area contributed by atoms with Crippen LogP contribution in [-0.2, 0) is 13.0 Å². The summed E-state index contributed by atoms with van der Waals surface area (Å²) in [6, 6.07) is 8.22. The van der Waals surface area contributed by atoms with Crippen molar-refractivity contribution in [3.8, 4) is 11.5 Å². The standard InChI is InChI=1S/C22H32N4O2S/c1-3-23-22(24-11-7-18-5-4-6-20(28-2)21(18)27)25-19-8-12-26(13-9-19)15-17-10-14-29-16-17/h4-6,10,14,16,19,27H,3,7-9,11-13,15H2,1-2H3,(H2,23,24,25). The maximum atomic E-state index is 10.2. The minimum Gasteiger partial charge on any atom is -0.504 e. The number of guanidine groups is 1. The summed E-state index contributed by atoms with van der Waals surface area (Å²) in [6.07, 6.45) is 2.90. The Morgan fingerprint density at radius 1 is 1.31 bits per heavy atom. The van der Waals surface area contributed by atoms with Gasteiger partial charge in [-0.05, 0) is 60.2 Å². The molecule has 0 bridgehead atoms. The molecular weight excluding hydrogens is 384 g/mol. The fraction of sp³-hybridized carbons (Fsp3) is 0.500. The molecule has 1 aromatic heterocycles. The summed E-state index contributed by atoms with van der Waals surface area (Å²) >= 11 is 1.77. The van der Waals surface area contributed by atoms with E-state index < -0.39 is 0 Å². The van der Waals surface area contributed by atoms with Gasteiger partial charge in [0, 0.05) is 38.8 Å². The monoisotopic (exact) mass is 416 g/mol. The normalized spacial score (nSPS) is 16.0. The fourth-order valence-electron chi connectivity index (χ4n) is 3.61. The molecule has 0 aliphatic carbocycles. The Morgan fingerprint density at radius 3 is 2.83 bits per heavy atom. The number of hydrogen-bond donors (Lipinski definition) is 3. The molecule has 0 spiro atoms. The number of piperidine rings is 1. The first kappa shape index (κ1) is 21.5. The molecule has 158 valence electrons. The Balaban J connectivity index is 1.48. The van der Waals surface area contributed by atoms with Crippen LogP contribution >= 0.6 is 11.3 Å². The van der Waals surface area contributed by atoms with Crippen molar-refractivity contribution in [3.05, 3.63) is 46.2 Å². The molecule has 3 N–H and O–H groups in total. The minimum absolute atomic E-state index is 0.209. The first-order valence-electron chi connectivity index (χ1n) is 10.3. The third kappa shape index (κ3) is 6.37. The average molecular weight is 417 g/mol. The smallest absolute Gasteiger partial charge is 0.191 e. The predicted molar refractivity (Wildman–Crippen MR) is 120 cm³/mol. The van der Waals surface area contributed by atoms with Crippen LogP contribution in [0.4, 0.5) is 0 Å². The van der Waals surface area contributed by atoms with Crippen molar-refractivity contribution in [1.29, 1.82) is 0 Å². The molecule has 6 nitrogen and oxygen atoms in total. The van der Waals surface area contributed by atoms with Gasteiger partial charge < -0.3 is 20.5 Å². The molecular formula is C22H32N4O2S. The highest BCUT2D eigenvalue weighted by atomic mass is 32.1. The second kappa shape index (κ2) is 11.1. The van der Waals surface area contributed by atoms with E-state index in [1.165, 1.54) is 5.56 Å². The van der Waals surface area contributed by atoms with E-state index in [1.807, 2.05) is 12.1 Å². The number of rotatable bonds is 8. The summed E-state index contributed by atoms with van der Waals surface area (Å²) in [7, 11) is 1.57. The van der Waals surface area contributed by atoms with Gasteiger partial charge in [-0.3, -0.25) is 9.89 Å². The second-order valence-corrected chi connectivity index (χ2v) is 8.09. The van der Waals surface area contributed by atoms with E-state index in [2.05, 4.69) is 39.3 Å². The van der Waals surface area contributed by atoms with Crippen LogP contribution < -0.4 is 15.4 Å². The minimum atomic E-state index is 0.209. The van der Waals surface area contributed by atoms with Crippen LogP contribution in [0.2, 0.25) is 0 Å². The van der Waals surface area contributed by atoms with Crippen molar-refractivity contribution in [2.75, 3.05) is 33.3 Å². The molecule has 0 saturated carbocycles. The summed E-state index contributed by atoms with van der Waals surface area (Å²) < 4.78 is 5.18. The lowest BCUT2D eigenvalue weighted by molar-refractivity contribution is 0.198. The van der Waals surface area contributed by atoms with Crippen LogP contribution in [0.1, 0.15) is 30.9 Å². The zero-order chi connectivity index (χ0) is 20.5. The van der Waals surface area contributed by atoms with Gasteiger partial charge in [-0.25, -0.2) is 0 Å². The Bertz CT molecular complexity index is 771. The molecule has 1 saturated heterocycles. The lowest BCUT2D eigenvalue weighted by Crippen LogP contribution is -2.48. The van der Waals surface area contributed by atoms with Gasteiger partial charge in [0.15, 0.2) is 17.5 Å². The van der Waals surface area contributed by atoms with Gasteiger partial charge in [0.2, 0.25) is 0 Å². The van der Waals surface area contributed by atoms with Crippen molar-refractivity contribution in [3.63, 3.8) is 0 Å². The summed E-state index contributed by atoms with van der Waals surface area (Å²) in [6.45, 7) is 6.76. The molecule has 0 amide bonds. The van der Waals surface area contributed by atoms with Crippen LogP contribution in [0.3, 0.4) is 0 Å². The highest BCUT2D eigenvalue weighted by Gasteiger charge is 2.20. The Labute approximate surface area is 177 Å². The number of aliphatic imine (C=N–C) groups is 1. The van der Waals surface area contributed by atoms with Gasteiger partial charge >= 0.3 is 0 Å². The zero-order valence-electron chi connectivity index (χ0n) is 17.4. The molecule has 3 rings (SSSR count). The van der Waals surface area contributed by atoms with E-state index in [4.69, 9.17) is 9.73 Å². The third-order valence-electron chi connectivity index (χ3n) is 5.21. The second-order valence-electron chi connectivity index (χ2n) is 7.31.